The van der Waals surface area contributed by atoms with E-state index < -0.39 is 0 Å². The summed E-state index contributed by atoms with van der Waals surface area (Å²) in [5.74, 6) is -0.376. The molecule has 7 nitrogen and oxygen atoms in total. The van der Waals surface area contributed by atoms with Gasteiger partial charge in [-0.15, -0.1) is 0 Å². The normalized spacial score (nSPS) is 23.8. The van der Waals surface area contributed by atoms with E-state index in [2.05, 4.69) is 5.32 Å². The molecule has 2 aliphatic rings. The third-order valence-electron chi connectivity index (χ3n) is 5.10. The minimum atomic E-state index is -0.372. The van der Waals surface area contributed by atoms with Gasteiger partial charge in [0.1, 0.15) is 0 Å². The van der Waals surface area contributed by atoms with Crippen LogP contribution < -0.4 is 11.1 Å². The Balaban J connectivity index is 1.65. The Kier molecular flexibility index (Phi) is 5.88. The molecule has 0 aliphatic carbocycles. The molecule has 3 N–H and O–H groups in total. The molecule has 7 heteroatoms. The van der Waals surface area contributed by atoms with Crippen LogP contribution in [0.3, 0.4) is 0 Å². The van der Waals surface area contributed by atoms with Gasteiger partial charge in [-0.25, -0.2) is 0 Å². The average molecular weight is 358 g/mol. The second-order valence-electron chi connectivity index (χ2n) is 7.12. The predicted molar refractivity (Wildman–Crippen MR) is 97.2 cm³/mol. The number of benzene rings is 1. The lowest BCUT2D eigenvalue weighted by molar-refractivity contribution is -0.138. The van der Waals surface area contributed by atoms with Crippen molar-refractivity contribution in [3.05, 3.63) is 35.9 Å². The summed E-state index contributed by atoms with van der Waals surface area (Å²) < 4.78 is 0. The lowest BCUT2D eigenvalue weighted by atomic mass is 9.94. The van der Waals surface area contributed by atoms with Gasteiger partial charge in [0.25, 0.3) is 0 Å². The third-order valence-corrected chi connectivity index (χ3v) is 5.10. The van der Waals surface area contributed by atoms with Crippen LogP contribution in [0.25, 0.3) is 0 Å². The second-order valence-corrected chi connectivity index (χ2v) is 7.12. The lowest BCUT2D eigenvalue weighted by Crippen LogP contribution is -2.47. The SMILES string of the molecule is NC(=O)CN1CC(NC(=O)CN2CCCCC2=O)C(c2ccccc2)C1. The van der Waals surface area contributed by atoms with Crippen LogP contribution in [0.1, 0.15) is 30.7 Å². The van der Waals surface area contributed by atoms with Crippen molar-refractivity contribution in [3.63, 3.8) is 0 Å². The Morgan fingerprint density at radius 1 is 1.12 bits per heavy atom. The van der Waals surface area contributed by atoms with Gasteiger partial charge in [0.05, 0.1) is 13.1 Å². The van der Waals surface area contributed by atoms with E-state index in [-0.39, 0.29) is 42.8 Å². The highest BCUT2D eigenvalue weighted by Crippen LogP contribution is 2.27. The quantitative estimate of drug-likeness (QED) is 0.752. The van der Waals surface area contributed by atoms with Crippen LogP contribution in [-0.4, -0.2) is 66.3 Å². The van der Waals surface area contributed by atoms with Gasteiger partial charge in [0, 0.05) is 38.0 Å². The maximum atomic E-state index is 12.5. The Morgan fingerprint density at radius 2 is 1.88 bits per heavy atom. The minimum absolute atomic E-state index is 0.0489. The zero-order chi connectivity index (χ0) is 18.5. The Hall–Kier alpha value is -2.41. The minimum Gasteiger partial charge on any atom is -0.369 e. The van der Waals surface area contributed by atoms with Crippen LogP contribution in [0.2, 0.25) is 0 Å². The fourth-order valence-electron chi connectivity index (χ4n) is 3.87. The maximum absolute atomic E-state index is 12.5. The van der Waals surface area contributed by atoms with Crippen molar-refractivity contribution in [2.45, 2.75) is 31.2 Å². The number of carbonyl (C=O) groups excluding carboxylic acids is 3. The molecule has 1 aromatic rings. The van der Waals surface area contributed by atoms with E-state index in [0.717, 1.165) is 18.4 Å². The summed E-state index contributed by atoms with van der Waals surface area (Å²) in [5.41, 5.74) is 6.45. The topological polar surface area (TPSA) is 95.7 Å². The van der Waals surface area contributed by atoms with E-state index in [1.807, 2.05) is 35.2 Å². The molecule has 3 amide bonds. The molecule has 2 unspecified atom stereocenters. The van der Waals surface area contributed by atoms with Crippen LogP contribution in [0.15, 0.2) is 30.3 Å². The summed E-state index contributed by atoms with van der Waals surface area (Å²) in [4.78, 5) is 39.3. The number of piperidine rings is 1. The Labute approximate surface area is 153 Å². The molecule has 2 heterocycles. The number of amides is 3. The molecular weight excluding hydrogens is 332 g/mol. The van der Waals surface area contributed by atoms with E-state index in [4.69, 9.17) is 5.73 Å². The lowest BCUT2D eigenvalue weighted by Gasteiger charge is -2.27. The molecule has 2 fully saturated rings. The molecule has 1 aromatic carbocycles. The maximum Gasteiger partial charge on any atom is 0.239 e. The molecule has 0 aromatic heterocycles. The van der Waals surface area contributed by atoms with E-state index >= 15 is 0 Å². The number of nitrogens with one attached hydrogen (secondary N) is 1. The fourth-order valence-corrected chi connectivity index (χ4v) is 3.87. The summed E-state index contributed by atoms with van der Waals surface area (Å²) in [6, 6.07) is 9.85. The van der Waals surface area contributed by atoms with Gasteiger partial charge in [-0.05, 0) is 18.4 Å². The molecule has 0 saturated carbocycles. The van der Waals surface area contributed by atoms with Crippen molar-refractivity contribution < 1.29 is 14.4 Å². The van der Waals surface area contributed by atoms with Gasteiger partial charge < -0.3 is 16.0 Å². The Morgan fingerprint density at radius 3 is 2.58 bits per heavy atom. The zero-order valence-electron chi connectivity index (χ0n) is 14.9. The number of rotatable bonds is 6. The number of carbonyl (C=O) groups is 3. The number of likely N-dealkylation sites (tertiary alicyclic amines) is 2. The zero-order valence-corrected chi connectivity index (χ0v) is 14.9. The third kappa shape index (κ3) is 4.60. The van der Waals surface area contributed by atoms with Gasteiger partial charge in [-0.2, -0.15) is 0 Å². The molecule has 2 aliphatic heterocycles. The van der Waals surface area contributed by atoms with Crippen molar-refractivity contribution in [1.29, 1.82) is 0 Å². The highest BCUT2D eigenvalue weighted by atomic mass is 16.2. The first kappa shape index (κ1) is 18.4. The molecule has 3 rings (SSSR count). The van der Waals surface area contributed by atoms with Crippen LogP contribution in [0.4, 0.5) is 0 Å². The summed E-state index contributed by atoms with van der Waals surface area (Å²) in [7, 11) is 0. The van der Waals surface area contributed by atoms with Crippen LogP contribution in [0.5, 0.6) is 0 Å². The van der Waals surface area contributed by atoms with E-state index in [1.54, 1.807) is 4.90 Å². The average Bonchev–Trinajstić information content (AvgIpc) is 2.99. The monoisotopic (exact) mass is 358 g/mol. The van der Waals surface area contributed by atoms with Crippen LogP contribution >= 0.6 is 0 Å². The summed E-state index contributed by atoms with van der Waals surface area (Å²) in [6.07, 6.45) is 2.37. The van der Waals surface area contributed by atoms with E-state index in [1.165, 1.54) is 0 Å². The second kappa shape index (κ2) is 8.31. The van der Waals surface area contributed by atoms with E-state index in [0.29, 0.717) is 26.1 Å². The molecule has 26 heavy (non-hydrogen) atoms. The highest BCUT2D eigenvalue weighted by molar-refractivity contribution is 5.85. The van der Waals surface area contributed by atoms with Crippen molar-refractivity contribution in [2.24, 2.45) is 5.73 Å². The van der Waals surface area contributed by atoms with Crippen molar-refractivity contribution in [3.8, 4) is 0 Å². The fraction of sp³-hybridized carbons (Fsp3) is 0.526. The van der Waals surface area contributed by atoms with Crippen molar-refractivity contribution in [2.75, 3.05) is 32.7 Å². The molecular formula is C19H26N4O3. The summed E-state index contributed by atoms with van der Waals surface area (Å²) in [5, 5.41) is 3.07. The van der Waals surface area contributed by atoms with E-state index in [9.17, 15) is 14.4 Å². The molecule has 2 atom stereocenters. The number of hydrogen-bond acceptors (Lipinski definition) is 4. The van der Waals surface area contributed by atoms with Gasteiger partial charge in [0.15, 0.2) is 0 Å². The predicted octanol–water partition coefficient (Wildman–Crippen LogP) is 0.0684. The summed E-state index contributed by atoms with van der Waals surface area (Å²) in [6.45, 7) is 2.17. The van der Waals surface area contributed by atoms with Gasteiger partial charge in [-0.3, -0.25) is 19.3 Å². The molecule has 140 valence electrons. The van der Waals surface area contributed by atoms with Crippen molar-refractivity contribution >= 4 is 17.7 Å². The number of nitrogens with two attached hydrogens (primary N) is 1. The van der Waals surface area contributed by atoms with Crippen LogP contribution in [0, 0.1) is 0 Å². The Bertz CT molecular complexity index is 664. The standard InChI is InChI=1S/C19H26N4O3/c20-17(24)12-22-10-15(14-6-2-1-3-7-14)16(11-22)21-18(25)13-23-9-5-4-8-19(23)26/h1-3,6-7,15-16H,4-5,8-13H2,(H2,20,24)(H,21,25). The van der Waals surface area contributed by atoms with Gasteiger partial charge in [-0.1, -0.05) is 30.3 Å². The summed E-state index contributed by atoms with van der Waals surface area (Å²) >= 11 is 0. The molecule has 0 radical (unpaired) electrons. The van der Waals surface area contributed by atoms with Gasteiger partial charge >= 0.3 is 0 Å². The number of hydrogen-bond donors (Lipinski definition) is 2. The van der Waals surface area contributed by atoms with Crippen molar-refractivity contribution in [1.82, 2.24) is 15.1 Å². The largest absolute Gasteiger partial charge is 0.369 e. The van der Waals surface area contributed by atoms with Gasteiger partial charge in [0.2, 0.25) is 17.7 Å². The molecule has 2 saturated heterocycles. The first-order valence-electron chi connectivity index (χ1n) is 9.15. The number of nitrogens with zero attached hydrogens (tertiary/aromatic N) is 2. The first-order chi connectivity index (χ1) is 12.5. The number of primary amides is 1. The molecule has 0 spiro atoms. The highest BCUT2D eigenvalue weighted by Gasteiger charge is 2.35. The molecule has 0 bridgehead atoms. The smallest absolute Gasteiger partial charge is 0.239 e. The first-order valence-corrected chi connectivity index (χ1v) is 9.15. The van der Waals surface area contributed by atoms with Crippen LogP contribution in [-0.2, 0) is 14.4 Å².